The van der Waals surface area contributed by atoms with Crippen LogP contribution in [0.5, 0.6) is 11.6 Å². The number of hydrogen-bond acceptors (Lipinski definition) is 7. The van der Waals surface area contributed by atoms with Gasteiger partial charge in [-0.2, -0.15) is 0 Å². The Balaban J connectivity index is 1.08. The van der Waals surface area contributed by atoms with Crippen molar-refractivity contribution < 1.29 is 38.0 Å². The number of esters is 1. The predicted octanol–water partition coefficient (Wildman–Crippen LogP) is 6.39. The molecule has 2 N–H and O–H groups in total. The first kappa shape index (κ1) is 30.7. The van der Waals surface area contributed by atoms with Crippen LogP contribution in [0.4, 0.5) is 8.78 Å². The lowest BCUT2D eigenvalue weighted by atomic mass is 9.72. The smallest absolute Gasteiger partial charge is 0.306 e. The summed E-state index contributed by atoms with van der Waals surface area (Å²) in [5, 5.41) is 19.4. The summed E-state index contributed by atoms with van der Waals surface area (Å²) < 4.78 is 46.8. The zero-order chi connectivity index (χ0) is 31.4. The highest BCUT2D eigenvalue weighted by atomic mass is 35.5. The Labute approximate surface area is 260 Å². The molecule has 1 aromatic heterocycles. The van der Waals surface area contributed by atoms with Crippen molar-refractivity contribution in [1.82, 2.24) is 4.98 Å². The lowest BCUT2D eigenvalue weighted by Crippen LogP contribution is -2.48. The normalized spacial score (nSPS) is 25.1. The van der Waals surface area contributed by atoms with Gasteiger partial charge in [0, 0.05) is 41.4 Å². The van der Waals surface area contributed by atoms with Crippen LogP contribution in [0, 0.1) is 29.4 Å². The number of rotatable bonds is 10. The fourth-order valence-corrected chi connectivity index (χ4v) is 6.95. The SMILES string of the molecule is CC(C)(C)OC(=O)CC1C2Cc3cc(OCc4cc(-c5ccc(OCC6CC(O)(CO)C6)cc5Cl)c(F)cc4F)ncc3C12. The van der Waals surface area contributed by atoms with Gasteiger partial charge in [-0.25, -0.2) is 13.8 Å². The third-order valence-corrected chi connectivity index (χ3v) is 9.14. The van der Waals surface area contributed by atoms with E-state index in [0.717, 1.165) is 23.6 Å². The molecule has 3 unspecified atom stereocenters. The second kappa shape index (κ2) is 11.6. The molecule has 234 valence electrons. The number of hydrogen-bond donors (Lipinski definition) is 2. The number of fused-ring (bicyclic) bond motifs is 3. The number of ether oxygens (including phenoxy) is 3. The van der Waals surface area contributed by atoms with E-state index in [4.69, 9.17) is 25.8 Å². The van der Waals surface area contributed by atoms with E-state index < -0.39 is 22.8 Å². The van der Waals surface area contributed by atoms with Crippen LogP contribution >= 0.6 is 11.6 Å². The summed E-state index contributed by atoms with van der Waals surface area (Å²) in [6.07, 6.45) is 3.91. The summed E-state index contributed by atoms with van der Waals surface area (Å²) in [5.41, 5.74) is 1.37. The molecule has 1 heterocycles. The molecule has 2 saturated carbocycles. The lowest BCUT2D eigenvalue weighted by molar-refractivity contribution is -0.155. The van der Waals surface area contributed by atoms with Gasteiger partial charge in [-0.15, -0.1) is 0 Å². The van der Waals surface area contributed by atoms with Crippen LogP contribution in [0.25, 0.3) is 11.1 Å². The Morgan fingerprint density at radius 1 is 1.09 bits per heavy atom. The van der Waals surface area contributed by atoms with E-state index in [1.54, 1.807) is 24.4 Å². The molecule has 0 aliphatic heterocycles. The Hall–Kier alpha value is -3.27. The van der Waals surface area contributed by atoms with Gasteiger partial charge in [-0.05, 0) is 99.1 Å². The standard InChI is InChI=1S/C34H36ClF2NO6/c1-33(2,3)44-31(40)10-25-24-6-19-8-30(38-14-26(19)32(24)25)43-16-20-7-23(29(37)11-28(20)36)22-5-4-21(9-27(22)35)42-15-18-12-34(41,13-18)17-39/h4-5,7-9,11,14,18,24-25,32,39,41H,6,10,12-13,15-17H2,1-3H3. The zero-order valence-corrected chi connectivity index (χ0v) is 25.7. The average Bonchev–Trinajstić information content (AvgIpc) is 3.43. The average molecular weight is 628 g/mol. The van der Waals surface area contributed by atoms with Crippen LogP contribution in [0.15, 0.2) is 42.6 Å². The van der Waals surface area contributed by atoms with Crippen molar-refractivity contribution in [2.45, 2.75) is 70.2 Å². The summed E-state index contributed by atoms with van der Waals surface area (Å²) in [5.74, 6) is 0.230. The van der Waals surface area contributed by atoms with Crippen molar-refractivity contribution in [3.63, 3.8) is 0 Å². The number of nitrogens with zero attached hydrogens (tertiary/aromatic N) is 1. The van der Waals surface area contributed by atoms with E-state index in [1.165, 1.54) is 6.07 Å². The molecule has 3 aliphatic rings. The molecular formula is C34H36ClF2NO6. The second-order valence-electron chi connectivity index (χ2n) is 13.4. The molecule has 7 nitrogen and oxygen atoms in total. The van der Waals surface area contributed by atoms with Crippen molar-refractivity contribution in [2.24, 2.45) is 17.8 Å². The highest BCUT2D eigenvalue weighted by molar-refractivity contribution is 6.33. The third kappa shape index (κ3) is 6.41. The fraction of sp³-hybridized carbons (Fsp3) is 0.471. The largest absolute Gasteiger partial charge is 0.493 e. The Bertz CT molecular complexity index is 1580. The molecule has 0 amide bonds. The number of aromatic nitrogens is 1. The molecule has 3 aromatic rings. The van der Waals surface area contributed by atoms with Crippen LogP contribution < -0.4 is 9.47 Å². The minimum atomic E-state index is -1.03. The molecule has 6 rings (SSSR count). The first-order chi connectivity index (χ1) is 20.8. The van der Waals surface area contributed by atoms with E-state index in [-0.39, 0.29) is 47.2 Å². The number of aliphatic hydroxyl groups excluding tert-OH is 1. The second-order valence-corrected chi connectivity index (χ2v) is 13.8. The van der Waals surface area contributed by atoms with Crippen LogP contribution in [-0.2, 0) is 22.6 Å². The summed E-state index contributed by atoms with van der Waals surface area (Å²) in [7, 11) is 0. The maximum Gasteiger partial charge on any atom is 0.306 e. The van der Waals surface area contributed by atoms with Crippen molar-refractivity contribution >= 4 is 17.6 Å². The number of aliphatic hydroxyl groups is 2. The maximum atomic E-state index is 14.9. The number of halogens is 3. The van der Waals surface area contributed by atoms with Crippen molar-refractivity contribution in [3.8, 4) is 22.8 Å². The molecule has 44 heavy (non-hydrogen) atoms. The van der Waals surface area contributed by atoms with Gasteiger partial charge in [-0.3, -0.25) is 4.79 Å². The Morgan fingerprint density at radius 3 is 2.57 bits per heavy atom. The van der Waals surface area contributed by atoms with Gasteiger partial charge in [-0.1, -0.05) is 11.6 Å². The molecule has 0 bridgehead atoms. The van der Waals surface area contributed by atoms with Crippen LogP contribution in [0.3, 0.4) is 0 Å². The van der Waals surface area contributed by atoms with Gasteiger partial charge < -0.3 is 24.4 Å². The maximum absolute atomic E-state index is 14.9. The number of carbonyl (C=O) groups is 1. The molecule has 10 heteroatoms. The highest BCUT2D eigenvalue weighted by Crippen LogP contribution is 2.63. The predicted molar refractivity (Wildman–Crippen MR) is 160 cm³/mol. The van der Waals surface area contributed by atoms with E-state index in [0.29, 0.717) is 54.9 Å². The third-order valence-electron chi connectivity index (χ3n) is 8.83. The zero-order valence-electron chi connectivity index (χ0n) is 24.9. The molecule has 3 atom stereocenters. The van der Waals surface area contributed by atoms with Crippen LogP contribution in [0.2, 0.25) is 5.02 Å². The van der Waals surface area contributed by atoms with Crippen LogP contribution in [0.1, 0.15) is 62.6 Å². The van der Waals surface area contributed by atoms with Crippen molar-refractivity contribution in [1.29, 1.82) is 0 Å². The molecule has 2 aromatic carbocycles. The minimum absolute atomic E-state index is 0.120. The molecular weight excluding hydrogens is 592 g/mol. The first-order valence-corrected chi connectivity index (χ1v) is 15.3. The minimum Gasteiger partial charge on any atom is -0.493 e. The van der Waals surface area contributed by atoms with E-state index in [9.17, 15) is 23.8 Å². The van der Waals surface area contributed by atoms with Crippen molar-refractivity contribution in [3.05, 3.63) is 75.9 Å². The van der Waals surface area contributed by atoms with Gasteiger partial charge in [0.15, 0.2) is 0 Å². The lowest BCUT2D eigenvalue weighted by Gasteiger charge is -2.42. The molecule has 0 saturated heterocycles. The van der Waals surface area contributed by atoms with Crippen molar-refractivity contribution in [2.75, 3.05) is 13.2 Å². The Kier molecular flexibility index (Phi) is 8.09. The van der Waals surface area contributed by atoms with Gasteiger partial charge in [0.1, 0.15) is 29.6 Å². The molecule has 0 spiro atoms. The monoisotopic (exact) mass is 627 g/mol. The quantitative estimate of drug-likeness (QED) is 0.251. The fourth-order valence-electron chi connectivity index (χ4n) is 6.68. The number of pyridine rings is 1. The van der Waals surface area contributed by atoms with Gasteiger partial charge >= 0.3 is 5.97 Å². The molecule has 2 fully saturated rings. The van der Waals surface area contributed by atoms with E-state index in [2.05, 4.69) is 4.98 Å². The number of carbonyl (C=O) groups excluding carboxylic acids is 1. The summed E-state index contributed by atoms with van der Waals surface area (Å²) >= 11 is 6.49. The Morgan fingerprint density at radius 2 is 1.86 bits per heavy atom. The summed E-state index contributed by atoms with van der Waals surface area (Å²) in [6, 6.07) is 8.92. The highest BCUT2D eigenvalue weighted by Gasteiger charge is 2.56. The van der Waals surface area contributed by atoms with Gasteiger partial charge in [0.05, 0.1) is 23.8 Å². The topological polar surface area (TPSA) is 98.1 Å². The summed E-state index contributed by atoms with van der Waals surface area (Å²) in [6.45, 7) is 5.51. The number of benzene rings is 2. The van der Waals surface area contributed by atoms with Gasteiger partial charge in [0.25, 0.3) is 0 Å². The molecule has 3 aliphatic carbocycles. The van der Waals surface area contributed by atoms with E-state index >= 15 is 0 Å². The summed E-state index contributed by atoms with van der Waals surface area (Å²) in [4.78, 5) is 16.7. The first-order valence-electron chi connectivity index (χ1n) is 14.9. The molecule has 0 radical (unpaired) electrons. The van der Waals surface area contributed by atoms with E-state index in [1.807, 2.05) is 26.8 Å². The van der Waals surface area contributed by atoms with Gasteiger partial charge in [0.2, 0.25) is 5.88 Å². The van der Waals surface area contributed by atoms with Crippen LogP contribution in [-0.4, -0.2) is 45.6 Å².